The molecule has 26 heavy (non-hydrogen) atoms. The lowest BCUT2D eigenvalue weighted by atomic mass is 10.0. The molecule has 136 valence electrons. The molecule has 1 aromatic heterocycles. The predicted molar refractivity (Wildman–Crippen MR) is 83.4 cm³/mol. The van der Waals surface area contributed by atoms with Gasteiger partial charge in [0.25, 0.3) is 0 Å². The number of hydrogen-bond acceptors (Lipinski definition) is 1. The van der Waals surface area contributed by atoms with Crippen LogP contribution in [0.3, 0.4) is 0 Å². The molecule has 0 amide bonds. The number of halogens is 6. The first-order valence-electron chi connectivity index (χ1n) is 7.77. The van der Waals surface area contributed by atoms with E-state index < -0.39 is 29.5 Å². The number of fused-ring (bicyclic) bond motifs is 2. The molecular weight excluding hydrogens is 358 g/mol. The van der Waals surface area contributed by atoms with Gasteiger partial charge in [-0.3, -0.25) is 0 Å². The highest BCUT2D eigenvalue weighted by molar-refractivity contribution is 5.86. The molecule has 0 saturated heterocycles. The van der Waals surface area contributed by atoms with Crippen LogP contribution in [0.1, 0.15) is 34.0 Å². The van der Waals surface area contributed by atoms with Crippen LogP contribution in [0.4, 0.5) is 26.3 Å². The van der Waals surface area contributed by atoms with Gasteiger partial charge in [0.1, 0.15) is 0 Å². The second-order valence-corrected chi connectivity index (χ2v) is 6.22. The van der Waals surface area contributed by atoms with Crippen LogP contribution in [0.15, 0.2) is 42.5 Å². The van der Waals surface area contributed by atoms with Crippen LogP contribution >= 0.6 is 0 Å². The van der Waals surface area contributed by atoms with Crippen molar-refractivity contribution in [3.63, 3.8) is 0 Å². The SMILES string of the molecule is FC(F)(F)c1cc(C(F)(F)F)c2cc(C3NCc4ccccc43)[nH]c2c1. The summed E-state index contributed by atoms with van der Waals surface area (Å²) >= 11 is 0. The van der Waals surface area contributed by atoms with Crippen LogP contribution in [-0.4, -0.2) is 4.98 Å². The van der Waals surface area contributed by atoms with Gasteiger partial charge in [0.05, 0.1) is 17.2 Å². The first-order chi connectivity index (χ1) is 12.1. The van der Waals surface area contributed by atoms with Gasteiger partial charge in [0, 0.05) is 23.1 Å². The molecule has 0 fully saturated rings. The second kappa shape index (κ2) is 5.51. The van der Waals surface area contributed by atoms with E-state index in [1.165, 1.54) is 6.07 Å². The molecule has 2 heterocycles. The van der Waals surface area contributed by atoms with E-state index in [0.29, 0.717) is 12.2 Å². The van der Waals surface area contributed by atoms with Crippen molar-refractivity contribution in [1.82, 2.24) is 10.3 Å². The Kier molecular flexibility index (Phi) is 3.59. The summed E-state index contributed by atoms with van der Waals surface area (Å²) in [5.41, 5.74) is -0.517. The molecule has 1 atom stereocenters. The summed E-state index contributed by atoms with van der Waals surface area (Å²) < 4.78 is 78.9. The maximum absolute atomic E-state index is 13.3. The maximum Gasteiger partial charge on any atom is 0.417 e. The number of aromatic amines is 1. The first kappa shape index (κ1) is 17.0. The smallest absolute Gasteiger partial charge is 0.357 e. The van der Waals surface area contributed by atoms with E-state index in [4.69, 9.17) is 0 Å². The van der Waals surface area contributed by atoms with Crippen LogP contribution < -0.4 is 5.32 Å². The van der Waals surface area contributed by atoms with Crippen molar-refractivity contribution >= 4 is 10.9 Å². The number of benzene rings is 2. The largest absolute Gasteiger partial charge is 0.417 e. The Morgan fingerprint density at radius 3 is 2.31 bits per heavy atom. The maximum atomic E-state index is 13.3. The molecule has 2 nitrogen and oxygen atoms in total. The fourth-order valence-corrected chi connectivity index (χ4v) is 3.39. The fourth-order valence-electron chi connectivity index (χ4n) is 3.39. The highest BCUT2D eigenvalue weighted by Gasteiger charge is 2.39. The van der Waals surface area contributed by atoms with Crippen molar-refractivity contribution in [1.29, 1.82) is 0 Å². The standard InChI is InChI=1S/C18H12F6N2/c19-17(20,21)10-5-13(18(22,23)24)12-7-15(26-14(12)6-10)16-11-4-2-1-3-9(11)8-25-16/h1-7,16,25-26H,8H2. The predicted octanol–water partition coefficient (Wildman–Crippen LogP) is 5.40. The van der Waals surface area contributed by atoms with Gasteiger partial charge in [-0.2, -0.15) is 26.3 Å². The van der Waals surface area contributed by atoms with Crippen LogP contribution in [0.25, 0.3) is 10.9 Å². The van der Waals surface area contributed by atoms with E-state index in [9.17, 15) is 26.3 Å². The molecule has 3 aromatic rings. The van der Waals surface area contributed by atoms with Crippen molar-refractivity contribution < 1.29 is 26.3 Å². The van der Waals surface area contributed by atoms with Crippen LogP contribution in [0.2, 0.25) is 0 Å². The van der Waals surface area contributed by atoms with Crippen molar-refractivity contribution in [2.24, 2.45) is 0 Å². The number of rotatable bonds is 1. The zero-order valence-electron chi connectivity index (χ0n) is 13.1. The third-order valence-corrected chi connectivity index (χ3v) is 4.57. The van der Waals surface area contributed by atoms with Gasteiger partial charge in [-0.1, -0.05) is 24.3 Å². The number of H-pyrrole nitrogens is 1. The molecule has 0 saturated carbocycles. The summed E-state index contributed by atoms with van der Waals surface area (Å²) in [5, 5.41) is 2.90. The molecule has 0 radical (unpaired) electrons. The lowest BCUT2D eigenvalue weighted by Gasteiger charge is -2.12. The summed E-state index contributed by atoms with van der Waals surface area (Å²) in [4.78, 5) is 2.74. The Balaban J connectivity index is 1.90. The molecule has 2 aromatic carbocycles. The number of alkyl halides is 6. The molecule has 1 aliphatic heterocycles. The number of aromatic nitrogens is 1. The molecule has 8 heteroatoms. The summed E-state index contributed by atoms with van der Waals surface area (Å²) in [7, 11) is 0. The zero-order valence-corrected chi connectivity index (χ0v) is 13.1. The van der Waals surface area contributed by atoms with E-state index in [1.54, 1.807) is 0 Å². The summed E-state index contributed by atoms with van der Waals surface area (Å²) in [6, 6.07) is 9.17. The van der Waals surface area contributed by atoms with Gasteiger partial charge in [0.2, 0.25) is 0 Å². The molecule has 2 N–H and O–H groups in total. The Hall–Kier alpha value is -2.48. The Bertz CT molecular complexity index is 983. The van der Waals surface area contributed by atoms with Crippen molar-refractivity contribution in [3.8, 4) is 0 Å². The Labute approximate surface area is 143 Å². The second-order valence-electron chi connectivity index (χ2n) is 6.22. The lowest BCUT2D eigenvalue weighted by Crippen LogP contribution is -2.13. The molecular formula is C18H12F6N2. The monoisotopic (exact) mass is 370 g/mol. The highest BCUT2D eigenvalue weighted by atomic mass is 19.4. The van der Waals surface area contributed by atoms with Gasteiger partial charge in [0.15, 0.2) is 0 Å². The zero-order chi connectivity index (χ0) is 18.7. The van der Waals surface area contributed by atoms with Crippen molar-refractivity contribution in [2.75, 3.05) is 0 Å². The average molecular weight is 370 g/mol. The molecule has 0 spiro atoms. The van der Waals surface area contributed by atoms with E-state index in [2.05, 4.69) is 10.3 Å². The van der Waals surface area contributed by atoms with Crippen molar-refractivity contribution in [3.05, 3.63) is 70.4 Å². The number of hydrogen-bond donors (Lipinski definition) is 2. The third-order valence-electron chi connectivity index (χ3n) is 4.57. The summed E-state index contributed by atoms with van der Waals surface area (Å²) in [6.07, 6.45) is -9.75. The van der Waals surface area contributed by atoms with E-state index >= 15 is 0 Å². The number of nitrogens with one attached hydrogen (secondary N) is 2. The van der Waals surface area contributed by atoms with Crippen LogP contribution in [0, 0.1) is 0 Å². The van der Waals surface area contributed by atoms with E-state index in [1.807, 2.05) is 24.3 Å². The first-order valence-corrected chi connectivity index (χ1v) is 7.77. The molecule has 0 aliphatic carbocycles. The third kappa shape index (κ3) is 2.74. The highest BCUT2D eigenvalue weighted by Crippen LogP contribution is 2.41. The topological polar surface area (TPSA) is 27.8 Å². The normalized spacial score (nSPS) is 17.7. The Morgan fingerprint density at radius 2 is 1.62 bits per heavy atom. The van der Waals surface area contributed by atoms with Crippen LogP contribution in [0.5, 0.6) is 0 Å². The quantitative estimate of drug-likeness (QED) is 0.552. The van der Waals surface area contributed by atoms with Gasteiger partial charge in [-0.25, -0.2) is 0 Å². The molecule has 1 unspecified atom stereocenters. The van der Waals surface area contributed by atoms with Gasteiger partial charge < -0.3 is 10.3 Å². The van der Waals surface area contributed by atoms with Gasteiger partial charge in [-0.05, 0) is 29.3 Å². The van der Waals surface area contributed by atoms with Crippen LogP contribution in [-0.2, 0) is 18.9 Å². The van der Waals surface area contributed by atoms with E-state index in [0.717, 1.165) is 17.2 Å². The summed E-state index contributed by atoms with van der Waals surface area (Å²) in [6.45, 7) is 0.538. The lowest BCUT2D eigenvalue weighted by molar-refractivity contribution is -0.142. The minimum atomic E-state index is -4.89. The molecule has 1 aliphatic rings. The summed E-state index contributed by atoms with van der Waals surface area (Å²) in [5.74, 6) is 0. The van der Waals surface area contributed by atoms with Gasteiger partial charge in [-0.15, -0.1) is 0 Å². The minimum Gasteiger partial charge on any atom is -0.357 e. The van der Waals surface area contributed by atoms with Crippen molar-refractivity contribution in [2.45, 2.75) is 24.9 Å². The minimum absolute atomic E-state index is 0.163. The van der Waals surface area contributed by atoms with Gasteiger partial charge >= 0.3 is 12.4 Å². The average Bonchev–Trinajstić information content (AvgIpc) is 3.15. The molecule has 4 rings (SSSR count). The Morgan fingerprint density at radius 1 is 0.885 bits per heavy atom. The molecule has 0 bridgehead atoms. The van der Waals surface area contributed by atoms with E-state index in [-0.39, 0.29) is 17.0 Å². The fraction of sp³-hybridized carbons (Fsp3) is 0.222.